The molecule has 5 nitrogen and oxygen atoms in total. The molecule has 3 N–H and O–H groups in total. The van der Waals surface area contributed by atoms with E-state index < -0.39 is 23.5 Å². The van der Waals surface area contributed by atoms with E-state index in [-0.39, 0.29) is 25.0 Å². The number of aliphatic carboxylic acids is 1. The summed E-state index contributed by atoms with van der Waals surface area (Å²) in [4.78, 5) is 22.3. The first-order valence-electron chi connectivity index (χ1n) is 6.75. The molecule has 6 heteroatoms. The minimum Gasteiger partial charge on any atom is -0.481 e. The normalized spacial score (nSPS) is 37.7. The number of hydrogen-bond acceptors (Lipinski definition) is 3. The van der Waals surface area contributed by atoms with Gasteiger partial charge in [0.05, 0.1) is 18.4 Å². The zero-order valence-electron chi connectivity index (χ0n) is 10.8. The van der Waals surface area contributed by atoms with Gasteiger partial charge in [-0.2, -0.15) is 0 Å². The van der Waals surface area contributed by atoms with Crippen LogP contribution in [0, 0.1) is 17.8 Å². The Hall–Kier alpha value is -1.17. The van der Waals surface area contributed by atoms with E-state index in [1.165, 1.54) is 0 Å². The quantitative estimate of drug-likeness (QED) is 0.688. The molecule has 19 heavy (non-hydrogen) atoms. The zero-order valence-corrected chi connectivity index (χ0v) is 10.8. The summed E-state index contributed by atoms with van der Waals surface area (Å²) in [5.74, 6) is -2.23. The average Bonchev–Trinajstić information content (AvgIpc) is 3.17. The number of nitrogens with one attached hydrogen (secondary N) is 1. The minimum absolute atomic E-state index is 0.0488. The number of carboxylic acids is 1. The maximum absolute atomic E-state index is 14.4. The molecular weight excluding hydrogens is 253 g/mol. The minimum atomic E-state index is -1.41. The van der Waals surface area contributed by atoms with Crippen LogP contribution in [0.3, 0.4) is 0 Å². The lowest BCUT2D eigenvalue weighted by atomic mass is 9.80. The Balaban J connectivity index is 1.73. The fraction of sp³-hybridized carbons (Fsp3) is 0.846. The fourth-order valence-corrected chi connectivity index (χ4v) is 2.69. The second-order valence-electron chi connectivity index (χ2n) is 5.78. The van der Waals surface area contributed by atoms with Crippen LogP contribution in [-0.2, 0) is 9.59 Å². The number of rotatable bonds is 5. The van der Waals surface area contributed by atoms with Crippen LogP contribution in [0.5, 0.6) is 0 Å². The van der Waals surface area contributed by atoms with Crippen molar-refractivity contribution < 1.29 is 24.2 Å². The number of aliphatic hydroxyl groups is 1. The number of amides is 1. The highest BCUT2D eigenvalue weighted by atomic mass is 19.1. The monoisotopic (exact) mass is 273 g/mol. The lowest BCUT2D eigenvalue weighted by Gasteiger charge is -2.33. The first-order valence-corrected chi connectivity index (χ1v) is 6.75. The molecule has 108 valence electrons. The van der Waals surface area contributed by atoms with Crippen molar-refractivity contribution in [2.75, 3.05) is 13.2 Å². The van der Waals surface area contributed by atoms with E-state index in [1.54, 1.807) is 0 Å². The number of carbonyl (C=O) groups excluding carboxylic acids is 1. The highest BCUT2D eigenvalue weighted by molar-refractivity contribution is 5.89. The molecule has 0 bridgehead atoms. The van der Waals surface area contributed by atoms with Gasteiger partial charge in [-0.05, 0) is 38.0 Å². The van der Waals surface area contributed by atoms with Crippen LogP contribution in [0.15, 0.2) is 0 Å². The lowest BCUT2D eigenvalue weighted by Crippen LogP contribution is -2.43. The highest BCUT2D eigenvalue weighted by Crippen LogP contribution is 2.39. The molecule has 0 aromatic carbocycles. The van der Waals surface area contributed by atoms with E-state index in [4.69, 9.17) is 10.2 Å². The Labute approximate surface area is 111 Å². The van der Waals surface area contributed by atoms with Crippen molar-refractivity contribution in [3.63, 3.8) is 0 Å². The van der Waals surface area contributed by atoms with Gasteiger partial charge in [0.15, 0.2) is 0 Å². The summed E-state index contributed by atoms with van der Waals surface area (Å²) in [7, 11) is 0. The summed E-state index contributed by atoms with van der Waals surface area (Å²) < 4.78 is 14.4. The SMILES string of the molecule is O=C(O)[C@@H]1C[C@H]1C(=O)NCC1(F)CCC(CO)CC1. The maximum Gasteiger partial charge on any atom is 0.307 e. The van der Waals surface area contributed by atoms with Crippen LogP contribution in [0.25, 0.3) is 0 Å². The molecule has 2 fully saturated rings. The maximum atomic E-state index is 14.4. The van der Waals surface area contributed by atoms with Crippen molar-refractivity contribution in [3.05, 3.63) is 0 Å². The van der Waals surface area contributed by atoms with Gasteiger partial charge < -0.3 is 15.5 Å². The zero-order chi connectivity index (χ0) is 14.0. The molecule has 2 atom stereocenters. The predicted octanol–water partition coefficient (Wildman–Crippen LogP) is 0.714. The van der Waals surface area contributed by atoms with Gasteiger partial charge in [-0.25, -0.2) is 4.39 Å². The number of halogens is 1. The summed E-state index contributed by atoms with van der Waals surface area (Å²) in [6.07, 6.45) is 2.29. The largest absolute Gasteiger partial charge is 0.481 e. The number of hydrogen-bond donors (Lipinski definition) is 3. The third-order valence-corrected chi connectivity index (χ3v) is 4.28. The molecule has 2 aliphatic rings. The van der Waals surface area contributed by atoms with Gasteiger partial charge in [-0.1, -0.05) is 0 Å². The van der Waals surface area contributed by atoms with Gasteiger partial charge in [-0.3, -0.25) is 9.59 Å². The van der Waals surface area contributed by atoms with Crippen molar-refractivity contribution in [3.8, 4) is 0 Å². The van der Waals surface area contributed by atoms with E-state index in [0.29, 0.717) is 32.1 Å². The van der Waals surface area contributed by atoms with Gasteiger partial charge in [0.1, 0.15) is 5.67 Å². The van der Waals surface area contributed by atoms with E-state index in [9.17, 15) is 14.0 Å². The summed E-state index contributed by atoms with van der Waals surface area (Å²) in [6.45, 7) is 0.0393. The standard InChI is InChI=1S/C13H20FNO4/c14-13(3-1-8(6-16)2-4-13)7-15-11(17)9-5-10(9)12(18)19/h8-10,16H,1-7H2,(H,15,17)(H,18,19)/t8?,9-,10-,13?/m1/s1. The molecule has 0 radical (unpaired) electrons. The Kier molecular flexibility index (Phi) is 4.08. The lowest BCUT2D eigenvalue weighted by molar-refractivity contribution is -0.140. The van der Waals surface area contributed by atoms with Crippen LogP contribution in [-0.4, -0.2) is 40.9 Å². The molecule has 0 saturated heterocycles. The molecule has 2 rings (SSSR count). The van der Waals surface area contributed by atoms with Crippen LogP contribution in [0.2, 0.25) is 0 Å². The molecule has 1 amide bonds. The summed E-state index contributed by atoms with van der Waals surface area (Å²) in [5, 5.41) is 20.2. The third-order valence-electron chi connectivity index (χ3n) is 4.28. The topological polar surface area (TPSA) is 86.6 Å². The van der Waals surface area contributed by atoms with Crippen LogP contribution in [0.1, 0.15) is 32.1 Å². The Morgan fingerprint density at radius 3 is 2.37 bits per heavy atom. The smallest absolute Gasteiger partial charge is 0.307 e. The van der Waals surface area contributed by atoms with E-state index in [2.05, 4.69) is 5.32 Å². The number of alkyl halides is 1. The second kappa shape index (κ2) is 5.45. The Bertz CT molecular complexity index is 366. The van der Waals surface area contributed by atoms with Crippen LogP contribution in [0.4, 0.5) is 4.39 Å². The molecular formula is C13H20FNO4. The van der Waals surface area contributed by atoms with Crippen molar-refractivity contribution in [2.24, 2.45) is 17.8 Å². The van der Waals surface area contributed by atoms with Gasteiger partial charge in [0.2, 0.25) is 5.91 Å². The van der Waals surface area contributed by atoms with E-state index >= 15 is 0 Å². The molecule has 0 unspecified atom stereocenters. The predicted molar refractivity (Wildman–Crippen MR) is 65.1 cm³/mol. The fourth-order valence-electron chi connectivity index (χ4n) is 2.69. The van der Waals surface area contributed by atoms with Crippen molar-refractivity contribution in [2.45, 2.75) is 37.8 Å². The number of carboxylic acid groups (broad SMARTS) is 1. The first-order chi connectivity index (χ1) is 8.95. The number of carbonyl (C=O) groups is 2. The molecule has 0 heterocycles. The van der Waals surface area contributed by atoms with E-state index in [1.807, 2.05) is 0 Å². The van der Waals surface area contributed by atoms with Gasteiger partial charge >= 0.3 is 5.97 Å². The molecule has 2 aliphatic carbocycles. The van der Waals surface area contributed by atoms with Crippen molar-refractivity contribution in [1.29, 1.82) is 0 Å². The molecule has 2 saturated carbocycles. The summed E-state index contributed by atoms with van der Waals surface area (Å²) >= 11 is 0. The molecule has 0 aromatic heterocycles. The van der Waals surface area contributed by atoms with Crippen LogP contribution < -0.4 is 5.32 Å². The molecule has 0 aliphatic heterocycles. The summed E-state index contributed by atoms with van der Waals surface area (Å²) in [6, 6.07) is 0. The Morgan fingerprint density at radius 2 is 1.89 bits per heavy atom. The van der Waals surface area contributed by atoms with Gasteiger partial charge in [0.25, 0.3) is 0 Å². The first kappa shape index (κ1) is 14.2. The highest BCUT2D eigenvalue weighted by Gasteiger charge is 2.48. The Morgan fingerprint density at radius 1 is 1.26 bits per heavy atom. The van der Waals surface area contributed by atoms with Crippen molar-refractivity contribution >= 4 is 11.9 Å². The molecule has 0 aromatic rings. The average molecular weight is 273 g/mol. The van der Waals surface area contributed by atoms with Crippen molar-refractivity contribution in [1.82, 2.24) is 5.32 Å². The van der Waals surface area contributed by atoms with Crippen LogP contribution >= 0.6 is 0 Å². The van der Waals surface area contributed by atoms with Gasteiger partial charge in [-0.15, -0.1) is 0 Å². The molecule has 0 spiro atoms. The summed E-state index contributed by atoms with van der Waals surface area (Å²) in [5.41, 5.74) is -1.41. The van der Waals surface area contributed by atoms with Gasteiger partial charge in [0, 0.05) is 6.61 Å². The van der Waals surface area contributed by atoms with E-state index in [0.717, 1.165) is 0 Å². The number of aliphatic hydroxyl groups excluding tert-OH is 1. The second-order valence-corrected chi connectivity index (χ2v) is 5.78. The third kappa shape index (κ3) is 3.43.